The lowest BCUT2D eigenvalue weighted by Gasteiger charge is -2.03. The van der Waals surface area contributed by atoms with Gasteiger partial charge in [-0.15, -0.1) is 0 Å². The summed E-state index contributed by atoms with van der Waals surface area (Å²) in [6.45, 7) is 0. The largest absolute Gasteiger partial charge is 0.0795 e. The van der Waals surface area contributed by atoms with E-state index in [1.165, 1.54) is 41.2 Å². The van der Waals surface area contributed by atoms with Crippen LogP contribution in [0.1, 0.15) is 28.7 Å². The van der Waals surface area contributed by atoms with Crippen molar-refractivity contribution in [3.8, 4) is 0 Å². The van der Waals surface area contributed by atoms with E-state index in [-0.39, 0.29) is 0 Å². The van der Waals surface area contributed by atoms with Crippen LogP contribution in [0.25, 0.3) is 16.8 Å². The predicted molar refractivity (Wildman–Crippen MR) is 95.2 cm³/mol. The van der Waals surface area contributed by atoms with Crippen LogP contribution in [0.2, 0.25) is 0 Å². The van der Waals surface area contributed by atoms with Crippen molar-refractivity contribution in [1.29, 1.82) is 0 Å². The third-order valence-corrected chi connectivity index (χ3v) is 4.71. The fourth-order valence-corrected chi connectivity index (χ4v) is 3.56. The Bertz CT molecular complexity index is 817. The molecule has 5 rings (SSSR count). The molecule has 108 valence electrons. The van der Waals surface area contributed by atoms with Crippen LogP contribution in [0, 0.1) is 0 Å². The quantitative estimate of drug-likeness (QED) is 0.505. The van der Waals surface area contributed by atoms with Gasteiger partial charge in [0.15, 0.2) is 0 Å². The summed E-state index contributed by atoms with van der Waals surface area (Å²) in [6, 6.07) is 21.7. The van der Waals surface area contributed by atoms with Gasteiger partial charge in [-0.3, -0.25) is 0 Å². The lowest BCUT2D eigenvalue weighted by molar-refractivity contribution is 0.912. The van der Waals surface area contributed by atoms with Crippen LogP contribution >= 0.6 is 0 Å². The fraction of sp³-hybridized carbons (Fsp3) is 0.182. The van der Waals surface area contributed by atoms with Crippen molar-refractivity contribution in [2.75, 3.05) is 0 Å². The molecule has 0 amide bonds. The Labute approximate surface area is 132 Å². The number of aryl methyl sites for hydroxylation is 2. The molecular formula is C22H20. The molecule has 0 spiro atoms. The first-order valence-corrected chi connectivity index (χ1v) is 8.16. The zero-order valence-corrected chi connectivity index (χ0v) is 12.8. The van der Waals surface area contributed by atoms with Crippen LogP contribution < -0.4 is 0 Å². The van der Waals surface area contributed by atoms with Gasteiger partial charge in [-0.25, -0.2) is 0 Å². The van der Waals surface area contributed by atoms with Crippen molar-refractivity contribution in [1.82, 2.24) is 0 Å². The van der Waals surface area contributed by atoms with Crippen molar-refractivity contribution in [3.63, 3.8) is 0 Å². The molecule has 0 aliphatic heterocycles. The highest BCUT2D eigenvalue weighted by molar-refractivity contribution is 5.90. The molecule has 3 aromatic rings. The number of rotatable bonds is 0. The van der Waals surface area contributed by atoms with Crippen LogP contribution in [-0.2, 0) is 19.3 Å². The van der Waals surface area contributed by atoms with Crippen LogP contribution in [0.4, 0.5) is 0 Å². The molecule has 0 bridgehead atoms. The molecule has 3 aromatic carbocycles. The molecule has 22 heavy (non-hydrogen) atoms. The summed E-state index contributed by atoms with van der Waals surface area (Å²) in [5, 5.41) is 2.76. The van der Waals surface area contributed by atoms with Gasteiger partial charge in [-0.05, 0) is 58.7 Å². The summed E-state index contributed by atoms with van der Waals surface area (Å²) in [5.74, 6) is 0. The molecule has 2 aliphatic carbocycles. The summed E-state index contributed by atoms with van der Waals surface area (Å²) >= 11 is 0. The molecule has 0 fully saturated rings. The summed E-state index contributed by atoms with van der Waals surface area (Å²) in [6.07, 6.45) is 9.50. The molecule has 2 aliphatic rings. The Morgan fingerprint density at radius 2 is 1.41 bits per heavy atom. The summed E-state index contributed by atoms with van der Waals surface area (Å²) in [4.78, 5) is 0. The Morgan fingerprint density at radius 3 is 2.23 bits per heavy atom. The monoisotopic (exact) mass is 284 g/mol. The zero-order valence-electron chi connectivity index (χ0n) is 12.8. The highest BCUT2D eigenvalue weighted by Gasteiger charge is 2.08. The van der Waals surface area contributed by atoms with E-state index in [1.807, 2.05) is 0 Å². The van der Waals surface area contributed by atoms with E-state index in [9.17, 15) is 0 Å². The van der Waals surface area contributed by atoms with Crippen molar-refractivity contribution in [3.05, 3.63) is 89.0 Å². The summed E-state index contributed by atoms with van der Waals surface area (Å²) in [5.41, 5.74) is 6.01. The molecule has 0 saturated heterocycles. The molecule has 0 radical (unpaired) electrons. The number of allylic oxidation sites excluding steroid dienone is 1. The SMILES string of the molecule is C1=Cc2ccc3ccccc3c2C1.c1ccc2c(c1)CCC2. The molecule has 0 aromatic heterocycles. The first-order valence-electron chi connectivity index (χ1n) is 8.16. The molecule has 0 heteroatoms. The Balaban J connectivity index is 0.000000122. The third-order valence-electron chi connectivity index (χ3n) is 4.71. The maximum absolute atomic E-state index is 2.24. The van der Waals surface area contributed by atoms with E-state index in [1.54, 1.807) is 11.1 Å². The molecular weight excluding hydrogens is 264 g/mol. The second-order valence-electron chi connectivity index (χ2n) is 6.08. The molecule has 0 saturated carbocycles. The maximum Gasteiger partial charge on any atom is -0.00820 e. The van der Waals surface area contributed by atoms with E-state index >= 15 is 0 Å². The van der Waals surface area contributed by atoms with Crippen LogP contribution in [0.5, 0.6) is 0 Å². The van der Waals surface area contributed by atoms with Gasteiger partial charge < -0.3 is 0 Å². The normalized spacial score (nSPS) is 14.4. The molecule has 0 unspecified atom stereocenters. The van der Waals surface area contributed by atoms with Crippen molar-refractivity contribution in [2.45, 2.75) is 25.7 Å². The minimum atomic E-state index is 1.09. The minimum Gasteiger partial charge on any atom is -0.0795 e. The van der Waals surface area contributed by atoms with E-state index in [2.05, 4.69) is 72.8 Å². The smallest absolute Gasteiger partial charge is 0.00820 e. The Hall–Kier alpha value is -2.34. The van der Waals surface area contributed by atoms with Crippen LogP contribution in [0.15, 0.2) is 66.7 Å². The standard InChI is InChI=1S/C13H10.C9H10/c1-2-6-12-10(4-1)8-9-11-5-3-7-13(11)12;1-2-5-9-7-3-6-8(9)4-1/h1-6,8-9H,7H2;1-2,4-5H,3,6-7H2. The lowest BCUT2D eigenvalue weighted by atomic mass is 10.0. The topological polar surface area (TPSA) is 0 Å². The maximum atomic E-state index is 2.24. The summed E-state index contributed by atoms with van der Waals surface area (Å²) < 4.78 is 0. The van der Waals surface area contributed by atoms with E-state index in [0.29, 0.717) is 0 Å². The highest BCUT2D eigenvalue weighted by Crippen LogP contribution is 2.27. The van der Waals surface area contributed by atoms with Crippen molar-refractivity contribution < 1.29 is 0 Å². The molecule has 0 atom stereocenters. The zero-order chi connectivity index (χ0) is 14.8. The lowest BCUT2D eigenvalue weighted by Crippen LogP contribution is -1.83. The average molecular weight is 284 g/mol. The van der Waals surface area contributed by atoms with E-state index in [0.717, 1.165) is 6.42 Å². The minimum absolute atomic E-state index is 1.09. The fourth-order valence-electron chi connectivity index (χ4n) is 3.56. The number of benzene rings is 3. The second kappa shape index (κ2) is 5.81. The van der Waals surface area contributed by atoms with E-state index < -0.39 is 0 Å². The van der Waals surface area contributed by atoms with Gasteiger partial charge in [0, 0.05) is 0 Å². The van der Waals surface area contributed by atoms with Gasteiger partial charge in [0.1, 0.15) is 0 Å². The molecule has 0 nitrogen and oxygen atoms in total. The van der Waals surface area contributed by atoms with Gasteiger partial charge >= 0.3 is 0 Å². The van der Waals surface area contributed by atoms with Gasteiger partial charge in [0.2, 0.25) is 0 Å². The molecule has 0 heterocycles. The van der Waals surface area contributed by atoms with Gasteiger partial charge in [0.05, 0.1) is 0 Å². The average Bonchev–Trinajstić information content (AvgIpc) is 3.24. The Kier molecular flexibility index (Phi) is 3.52. The number of hydrogen-bond donors (Lipinski definition) is 0. The van der Waals surface area contributed by atoms with Crippen molar-refractivity contribution >= 4 is 16.8 Å². The van der Waals surface area contributed by atoms with Crippen LogP contribution in [0.3, 0.4) is 0 Å². The van der Waals surface area contributed by atoms with Gasteiger partial charge in [-0.2, -0.15) is 0 Å². The first-order chi connectivity index (χ1) is 10.9. The van der Waals surface area contributed by atoms with Gasteiger partial charge in [0.25, 0.3) is 0 Å². The third kappa shape index (κ3) is 2.46. The van der Waals surface area contributed by atoms with Crippen molar-refractivity contribution in [2.24, 2.45) is 0 Å². The summed E-state index contributed by atoms with van der Waals surface area (Å²) in [7, 11) is 0. The Morgan fingerprint density at radius 1 is 0.682 bits per heavy atom. The molecule has 0 N–H and O–H groups in total. The number of fused-ring (bicyclic) bond motifs is 4. The predicted octanol–water partition coefficient (Wildman–Crippen LogP) is 5.58. The number of hydrogen-bond acceptors (Lipinski definition) is 0. The first kappa shape index (κ1) is 13.3. The highest BCUT2D eigenvalue weighted by atomic mass is 14.1. The van der Waals surface area contributed by atoms with Crippen LogP contribution in [-0.4, -0.2) is 0 Å². The van der Waals surface area contributed by atoms with E-state index in [4.69, 9.17) is 0 Å². The second-order valence-corrected chi connectivity index (χ2v) is 6.08. The van der Waals surface area contributed by atoms with Gasteiger partial charge in [-0.1, -0.05) is 72.8 Å².